The molecule has 4 N–H and O–H groups in total. The SMILES string of the molecule is C#CNN/C(N)=C\C/C=C/C=C(F)\C=C/C. The van der Waals surface area contributed by atoms with Gasteiger partial charge in [-0.05, 0) is 31.6 Å². The number of terminal acetylenes is 1. The zero-order valence-corrected chi connectivity index (χ0v) is 9.20. The quantitative estimate of drug-likeness (QED) is 0.278. The summed E-state index contributed by atoms with van der Waals surface area (Å²) in [6, 6.07) is 2.16. The first kappa shape index (κ1) is 13.8. The maximum absolute atomic E-state index is 12.8. The molecule has 0 aliphatic heterocycles. The molecule has 0 aromatic heterocycles. The van der Waals surface area contributed by atoms with E-state index in [1.54, 1.807) is 31.2 Å². The van der Waals surface area contributed by atoms with Crippen molar-refractivity contribution in [2.75, 3.05) is 0 Å². The van der Waals surface area contributed by atoms with Crippen molar-refractivity contribution in [3.05, 3.63) is 48.1 Å². The van der Waals surface area contributed by atoms with Gasteiger partial charge < -0.3 is 5.73 Å². The van der Waals surface area contributed by atoms with Gasteiger partial charge >= 0.3 is 0 Å². The molecule has 0 unspecified atom stereocenters. The second-order valence-electron chi connectivity index (χ2n) is 2.77. The maximum Gasteiger partial charge on any atom is 0.122 e. The molecule has 0 saturated heterocycles. The van der Waals surface area contributed by atoms with Crippen LogP contribution in [0.25, 0.3) is 0 Å². The van der Waals surface area contributed by atoms with Crippen molar-refractivity contribution >= 4 is 0 Å². The van der Waals surface area contributed by atoms with Gasteiger partial charge in [-0.2, -0.15) is 0 Å². The zero-order valence-electron chi connectivity index (χ0n) is 9.20. The molecule has 0 aromatic rings. The van der Waals surface area contributed by atoms with Gasteiger partial charge in [0.1, 0.15) is 11.6 Å². The molecule has 0 saturated carbocycles. The number of nitrogens with two attached hydrogens (primary N) is 1. The Morgan fingerprint density at radius 1 is 1.56 bits per heavy atom. The third-order valence-corrected chi connectivity index (χ3v) is 1.47. The van der Waals surface area contributed by atoms with Crippen molar-refractivity contribution in [2.45, 2.75) is 13.3 Å². The van der Waals surface area contributed by atoms with E-state index < -0.39 is 0 Å². The van der Waals surface area contributed by atoms with Gasteiger partial charge in [0.05, 0.1) is 0 Å². The van der Waals surface area contributed by atoms with Gasteiger partial charge in [-0.1, -0.05) is 24.7 Å². The molecule has 4 heteroatoms. The fraction of sp³-hybridized carbons (Fsp3) is 0.167. The molecule has 0 radical (unpaired) electrons. The molecule has 86 valence electrons. The zero-order chi connectivity index (χ0) is 12.2. The number of nitrogens with one attached hydrogen (secondary N) is 2. The van der Waals surface area contributed by atoms with Crippen LogP contribution in [0.5, 0.6) is 0 Å². The normalized spacial score (nSPS) is 13.1. The van der Waals surface area contributed by atoms with Crippen LogP contribution in [0.4, 0.5) is 4.39 Å². The minimum atomic E-state index is -0.289. The van der Waals surface area contributed by atoms with Gasteiger partial charge in [-0.25, -0.2) is 4.39 Å². The van der Waals surface area contributed by atoms with E-state index in [9.17, 15) is 4.39 Å². The predicted octanol–water partition coefficient (Wildman–Crippen LogP) is 1.85. The summed E-state index contributed by atoms with van der Waals surface area (Å²) >= 11 is 0. The van der Waals surface area contributed by atoms with Crippen LogP contribution < -0.4 is 16.6 Å². The van der Waals surface area contributed by atoms with Gasteiger partial charge in [-0.15, -0.1) is 0 Å². The lowest BCUT2D eigenvalue weighted by molar-refractivity contribution is 0.667. The van der Waals surface area contributed by atoms with Gasteiger partial charge in [0, 0.05) is 6.04 Å². The maximum atomic E-state index is 12.8. The highest BCUT2D eigenvalue weighted by Crippen LogP contribution is 1.99. The largest absolute Gasteiger partial charge is 0.384 e. The second kappa shape index (κ2) is 9.41. The molecule has 0 amide bonds. The van der Waals surface area contributed by atoms with Crippen LogP contribution in [-0.2, 0) is 0 Å². The highest BCUT2D eigenvalue weighted by atomic mass is 19.1. The smallest absolute Gasteiger partial charge is 0.122 e. The number of hydrogen-bond acceptors (Lipinski definition) is 3. The number of halogens is 1. The van der Waals surface area contributed by atoms with Crippen LogP contribution in [0.2, 0.25) is 0 Å². The van der Waals surface area contributed by atoms with Crippen molar-refractivity contribution in [1.29, 1.82) is 0 Å². The Balaban J connectivity index is 3.93. The summed E-state index contributed by atoms with van der Waals surface area (Å²) in [4.78, 5) is 0. The molecular formula is C12H16FN3. The van der Waals surface area contributed by atoms with Crippen molar-refractivity contribution in [3.8, 4) is 12.5 Å². The number of hydrazine groups is 1. The Kier molecular flexibility index (Phi) is 8.14. The molecule has 16 heavy (non-hydrogen) atoms. The van der Waals surface area contributed by atoms with E-state index >= 15 is 0 Å². The van der Waals surface area contributed by atoms with Gasteiger partial charge in [0.15, 0.2) is 0 Å². The fourth-order valence-electron chi connectivity index (χ4n) is 0.808. The lowest BCUT2D eigenvalue weighted by atomic mass is 10.3. The standard InChI is InChI=1S/C12H16FN3/c1-3-8-11(13)9-6-5-7-10-12(14)16-15-4-2/h2-3,5-6,8-10,15-16H,7,14H2,1H3/b6-5+,8-3-,11-9+,12-10-. The molecule has 0 aromatic carbocycles. The molecule has 0 aliphatic rings. The second-order valence-corrected chi connectivity index (χ2v) is 2.77. The first-order chi connectivity index (χ1) is 7.70. The van der Waals surface area contributed by atoms with E-state index in [0.717, 1.165) is 0 Å². The summed E-state index contributed by atoms with van der Waals surface area (Å²) in [5.74, 6) is 0.128. The summed E-state index contributed by atoms with van der Waals surface area (Å²) in [6.07, 6.45) is 15.0. The van der Waals surface area contributed by atoms with E-state index in [0.29, 0.717) is 12.2 Å². The molecule has 0 fully saturated rings. The molecular weight excluding hydrogens is 205 g/mol. The Morgan fingerprint density at radius 3 is 2.94 bits per heavy atom. The molecule has 0 bridgehead atoms. The van der Waals surface area contributed by atoms with Gasteiger partial charge in [0.2, 0.25) is 0 Å². The Bertz CT molecular complexity index is 346. The lowest BCUT2D eigenvalue weighted by Crippen LogP contribution is -2.30. The van der Waals surface area contributed by atoms with Crippen LogP contribution in [0.1, 0.15) is 13.3 Å². The highest BCUT2D eigenvalue weighted by Gasteiger charge is 1.83. The Labute approximate surface area is 95.6 Å². The van der Waals surface area contributed by atoms with Crippen LogP contribution in [-0.4, -0.2) is 0 Å². The van der Waals surface area contributed by atoms with Crippen LogP contribution >= 0.6 is 0 Å². The molecule has 0 atom stereocenters. The van der Waals surface area contributed by atoms with E-state index in [1.807, 2.05) is 0 Å². The third kappa shape index (κ3) is 8.45. The Morgan fingerprint density at radius 2 is 2.31 bits per heavy atom. The van der Waals surface area contributed by atoms with E-state index in [2.05, 4.69) is 16.9 Å². The van der Waals surface area contributed by atoms with Crippen LogP contribution in [0, 0.1) is 12.5 Å². The summed E-state index contributed by atoms with van der Waals surface area (Å²) in [5.41, 5.74) is 10.5. The third-order valence-electron chi connectivity index (χ3n) is 1.47. The Hall–Kier alpha value is -2.15. The fourth-order valence-corrected chi connectivity index (χ4v) is 0.808. The van der Waals surface area contributed by atoms with Crippen molar-refractivity contribution in [3.63, 3.8) is 0 Å². The average Bonchev–Trinajstić information content (AvgIpc) is 2.26. The summed E-state index contributed by atoms with van der Waals surface area (Å²) in [7, 11) is 0. The van der Waals surface area contributed by atoms with E-state index in [1.165, 1.54) is 12.2 Å². The number of rotatable bonds is 6. The topological polar surface area (TPSA) is 50.1 Å². The van der Waals surface area contributed by atoms with E-state index in [-0.39, 0.29) is 5.83 Å². The molecule has 3 nitrogen and oxygen atoms in total. The highest BCUT2D eigenvalue weighted by molar-refractivity contribution is 5.17. The first-order valence-electron chi connectivity index (χ1n) is 4.78. The number of allylic oxidation sites excluding steroid dienone is 7. The van der Waals surface area contributed by atoms with Gasteiger partial charge in [-0.3, -0.25) is 10.9 Å². The summed E-state index contributed by atoms with van der Waals surface area (Å²) < 4.78 is 12.8. The number of hydrogen-bond donors (Lipinski definition) is 3. The first-order valence-corrected chi connectivity index (χ1v) is 4.78. The molecule has 0 rings (SSSR count). The average molecular weight is 221 g/mol. The lowest BCUT2D eigenvalue weighted by Gasteiger charge is -2.01. The summed E-state index contributed by atoms with van der Waals surface area (Å²) in [5, 5.41) is 0. The monoisotopic (exact) mass is 221 g/mol. The minimum absolute atomic E-state index is 0.289. The van der Waals surface area contributed by atoms with Crippen molar-refractivity contribution in [1.82, 2.24) is 10.9 Å². The molecule has 0 aliphatic carbocycles. The van der Waals surface area contributed by atoms with Crippen molar-refractivity contribution < 1.29 is 4.39 Å². The van der Waals surface area contributed by atoms with Crippen LogP contribution in [0.15, 0.2) is 48.1 Å². The van der Waals surface area contributed by atoms with Crippen molar-refractivity contribution in [2.24, 2.45) is 5.73 Å². The predicted molar refractivity (Wildman–Crippen MR) is 65.1 cm³/mol. The van der Waals surface area contributed by atoms with Crippen LogP contribution in [0.3, 0.4) is 0 Å². The molecule has 0 spiro atoms. The molecule has 0 heterocycles. The minimum Gasteiger partial charge on any atom is -0.384 e. The van der Waals surface area contributed by atoms with Gasteiger partial charge in [0.25, 0.3) is 0 Å². The van der Waals surface area contributed by atoms with E-state index in [4.69, 9.17) is 12.2 Å². The summed E-state index contributed by atoms with van der Waals surface area (Å²) in [6.45, 7) is 1.75.